The zero-order valence-corrected chi connectivity index (χ0v) is 10.9. The monoisotopic (exact) mass is 257 g/mol. The molecule has 0 aromatic heterocycles. The summed E-state index contributed by atoms with van der Waals surface area (Å²) in [6, 6.07) is -0.961. The number of amides is 1. The quantitative estimate of drug-likeness (QED) is 0.439. The first kappa shape index (κ1) is 16.1. The lowest BCUT2D eigenvalue weighted by Gasteiger charge is -2.21. The summed E-state index contributed by atoms with van der Waals surface area (Å²) in [5.41, 5.74) is -0.666. The molecule has 0 fully saturated rings. The molecule has 0 spiro atoms. The van der Waals surface area contributed by atoms with Crippen molar-refractivity contribution in [3.8, 4) is 0 Å². The van der Waals surface area contributed by atoms with Crippen LogP contribution in [-0.2, 0) is 19.1 Å². The van der Waals surface area contributed by atoms with Gasteiger partial charge in [-0.05, 0) is 20.8 Å². The molecule has 0 saturated carbocycles. The van der Waals surface area contributed by atoms with Crippen molar-refractivity contribution in [2.75, 3.05) is 6.61 Å². The highest BCUT2D eigenvalue weighted by molar-refractivity contribution is 5.79. The number of esters is 1. The summed E-state index contributed by atoms with van der Waals surface area (Å²) in [6.07, 6.45) is 0.876. The van der Waals surface area contributed by atoms with Crippen LogP contribution in [0.15, 0.2) is 12.7 Å². The van der Waals surface area contributed by atoms with E-state index < -0.39 is 23.7 Å². The molecule has 0 heterocycles. The maximum absolute atomic E-state index is 11.4. The van der Waals surface area contributed by atoms with Crippen LogP contribution in [0.25, 0.3) is 0 Å². The van der Waals surface area contributed by atoms with Crippen LogP contribution in [0.2, 0.25) is 0 Å². The Hall–Kier alpha value is -1.85. The molecule has 0 aromatic carbocycles. The molecule has 0 saturated heterocycles. The lowest BCUT2D eigenvalue weighted by molar-refractivity contribution is -0.143. The lowest BCUT2D eigenvalue weighted by atomic mass is 10.2. The van der Waals surface area contributed by atoms with E-state index in [2.05, 4.69) is 11.9 Å². The first-order valence-electron chi connectivity index (χ1n) is 5.50. The minimum atomic E-state index is -0.961. The van der Waals surface area contributed by atoms with Gasteiger partial charge < -0.3 is 19.6 Å². The number of alkyl carbamates (subject to hydrolysis) is 1. The van der Waals surface area contributed by atoms with Crippen LogP contribution in [-0.4, -0.2) is 36.6 Å². The molecule has 6 heteroatoms. The average molecular weight is 257 g/mol. The van der Waals surface area contributed by atoms with Crippen LogP contribution < -0.4 is 5.32 Å². The van der Waals surface area contributed by atoms with E-state index >= 15 is 0 Å². The van der Waals surface area contributed by atoms with Crippen LogP contribution in [0, 0.1) is 0 Å². The van der Waals surface area contributed by atoms with Gasteiger partial charge in [0, 0.05) is 0 Å². The summed E-state index contributed by atoms with van der Waals surface area (Å²) < 4.78 is 9.65. The lowest BCUT2D eigenvalue weighted by Crippen LogP contribution is -2.41. The third-order valence-electron chi connectivity index (χ3n) is 1.62. The Kier molecular flexibility index (Phi) is 6.70. The van der Waals surface area contributed by atoms with E-state index in [4.69, 9.17) is 9.47 Å². The molecule has 1 unspecified atom stereocenters. The van der Waals surface area contributed by atoms with Crippen LogP contribution in [0.5, 0.6) is 0 Å². The fraction of sp³-hybridized carbons (Fsp3) is 0.583. The van der Waals surface area contributed by atoms with E-state index in [1.54, 1.807) is 20.8 Å². The standard InChI is InChI=1S/C12H19NO5/c1-5-6-17-10(15)7-9(8-14)13-11(16)18-12(2,3)4/h5,8-9H,1,6-7H2,2-4H3,(H,13,16). The van der Waals surface area contributed by atoms with E-state index in [-0.39, 0.29) is 13.0 Å². The van der Waals surface area contributed by atoms with Crippen molar-refractivity contribution in [2.24, 2.45) is 0 Å². The normalized spacial score (nSPS) is 12.2. The second-order valence-electron chi connectivity index (χ2n) is 4.56. The Labute approximate surface area is 106 Å². The maximum Gasteiger partial charge on any atom is 0.408 e. The van der Waals surface area contributed by atoms with Gasteiger partial charge in [0.25, 0.3) is 0 Å². The molecule has 1 amide bonds. The van der Waals surface area contributed by atoms with Gasteiger partial charge in [-0.2, -0.15) is 0 Å². The molecule has 0 aliphatic carbocycles. The Morgan fingerprint density at radius 3 is 2.44 bits per heavy atom. The molecule has 1 atom stereocenters. The molecule has 6 nitrogen and oxygen atoms in total. The molecule has 0 radical (unpaired) electrons. The van der Waals surface area contributed by atoms with Crippen molar-refractivity contribution in [1.29, 1.82) is 0 Å². The highest BCUT2D eigenvalue weighted by Gasteiger charge is 2.21. The van der Waals surface area contributed by atoms with Crippen LogP contribution in [0.4, 0.5) is 4.79 Å². The van der Waals surface area contributed by atoms with Crippen molar-refractivity contribution < 1.29 is 23.9 Å². The first-order valence-corrected chi connectivity index (χ1v) is 5.50. The van der Waals surface area contributed by atoms with Gasteiger partial charge in [-0.25, -0.2) is 4.79 Å². The molecule has 18 heavy (non-hydrogen) atoms. The summed E-state index contributed by atoms with van der Waals surface area (Å²) in [4.78, 5) is 33.3. The SMILES string of the molecule is C=CCOC(=O)CC(C=O)NC(=O)OC(C)(C)C. The summed E-state index contributed by atoms with van der Waals surface area (Å²) in [7, 11) is 0. The van der Waals surface area contributed by atoms with E-state index in [0.717, 1.165) is 0 Å². The number of carbonyl (C=O) groups excluding carboxylic acids is 3. The molecule has 0 rings (SSSR count). The van der Waals surface area contributed by atoms with Crippen LogP contribution >= 0.6 is 0 Å². The van der Waals surface area contributed by atoms with Gasteiger partial charge in [-0.3, -0.25) is 4.79 Å². The molecule has 0 aliphatic rings. The number of aldehydes is 1. The highest BCUT2D eigenvalue weighted by atomic mass is 16.6. The first-order chi connectivity index (χ1) is 8.28. The highest BCUT2D eigenvalue weighted by Crippen LogP contribution is 2.07. The van der Waals surface area contributed by atoms with E-state index in [1.165, 1.54) is 6.08 Å². The molecule has 0 aromatic rings. The number of ether oxygens (including phenoxy) is 2. The zero-order valence-electron chi connectivity index (χ0n) is 10.9. The summed E-state index contributed by atoms with van der Waals surface area (Å²) >= 11 is 0. The minimum Gasteiger partial charge on any atom is -0.461 e. The van der Waals surface area contributed by atoms with Crippen LogP contribution in [0.1, 0.15) is 27.2 Å². The maximum atomic E-state index is 11.4. The number of hydrogen-bond donors (Lipinski definition) is 1. The van der Waals surface area contributed by atoms with Gasteiger partial charge in [0.05, 0.1) is 12.5 Å². The Bertz CT molecular complexity index is 319. The number of nitrogens with one attached hydrogen (secondary N) is 1. The van der Waals surface area contributed by atoms with Gasteiger partial charge in [0.15, 0.2) is 0 Å². The predicted octanol–water partition coefficient (Wildman–Crippen LogP) is 1.20. The molecule has 0 bridgehead atoms. The van der Waals surface area contributed by atoms with Gasteiger partial charge >= 0.3 is 12.1 Å². The topological polar surface area (TPSA) is 81.7 Å². The largest absolute Gasteiger partial charge is 0.461 e. The van der Waals surface area contributed by atoms with Gasteiger partial charge in [-0.1, -0.05) is 12.7 Å². The fourth-order valence-corrected chi connectivity index (χ4v) is 0.982. The second-order valence-corrected chi connectivity index (χ2v) is 4.56. The van der Waals surface area contributed by atoms with Crippen molar-refractivity contribution in [3.63, 3.8) is 0 Å². The minimum absolute atomic E-state index is 0.0663. The summed E-state index contributed by atoms with van der Waals surface area (Å²) in [6.45, 7) is 8.54. The molecule has 1 N–H and O–H groups in total. The Balaban J connectivity index is 4.18. The van der Waals surface area contributed by atoms with Crippen molar-refractivity contribution in [1.82, 2.24) is 5.32 Å². The summed E-state index contributed by atoms with van der Waals surface area (Å²) in [5, 5.41) is 2.27. The third-order valence-corrected chi connectivity index (χ3v) is 1.62. The predicted molar refractivity (Wildman–Crippen MR) is 65.0 cm³/mol. The van der Waals surface area contributed by atoms with E-state index in [1.807, 2.05) is 0 Å². The van der Waals surface area contributed by atoms with Crippen molar-refractivity contribution in [2.45, 2.75) is 38.8 Å². The van der Waals surface area contributed by atoms with Crippen LogP contribution in [0.3, 0.4) is 0 Å². The third kappa shape index (κ3) is 8.32. The Morgan fingerprint density at radius 1 is 1.39 bits per heavy atom. The van der Waals surface area contributed by atoms with E-state index in [9.17, 15) is 14.4 Å². The van der Waals surface area contributed by atoms with Gasteiger partial charge in [0.1, 0.15) is 18.5 Å². The van der Waals surface area contributed by atoms with Gasteiger partial charge in [-0.15, -0.1) is 0 Å². The van der Waals surface area contributed by atoms with E-state index in [0.29, 0.717) is 6.29 Å². The summed E-state index contributed by atoms with van der Waals surface area (Å²) in [5.74, 6) is -0.594. The zero-order chi connectivity index (χ0) is 14.2. The molecular weight excluding hydrogens is 238 g/mol. The second kappa shape index (κ2) is 7.47. The molecule has 0 aliphatic heterocycles. The average Bonchev–Trinajstić information content (AvgIpc) is 2.22. The number of carbonyl (C=O) groups is 3. The molecular formula is C12H19NO5. The number of hydrogen-bond acceptors (Lipinski definition) is 5. The number of rotatable bonds is 6. The van der Waals surface area contributed by atoms with Crippen molar-refractivity contribution in [3.05, 3.63) is 12.7 Å². The van der Waals surface area contributed by atoms with Gasteiger partial charge in [0.2, 0.25) is 0 Å². The molecule has 102 valence electrons. The van der Waals surface area contributed by atoms with Crippen molar-refractivity contribution >= 4 is 18.3 Å². The fourth-order valence-electron chi connectivity index (χ4n) is 0.982. The Morgan fingerprint density at radius 2 is 2.00 bits per heavy atom. The smallest absolute Gasteiger partial charge is 0.408 e.